The first-order valence-electron chi connectivity index (χ1n) is 7.60. The van der Waals surface area contributed by atoms with E-state index in [1.54, 1.807) is 7.11 Å². The van der Waals surface area contributed by atoms with Crippen LogP contribution >= 0.6 is 24.0 Å². The number of halogens is 1. The molecular formula is C15H33IN4O3. The zero-order chi connectivity index (χ0) is 17.3. The SMILES string of the molecule is COCC(C)NC(N)=NCC(NC(=O)OC(C)(C)C)C(C)C.I. The second-order valence-corrected chi connectivity index (χ2v) is 6.72. The number of amides is 1. The number of nitrogens with one attached hydrogen (secondary N) is 2. The molecular weight excluding hydrogens is 411 g/mol. The number of carbonyl (C=O) groups is 1. The third-order valence-electron chi connectivity index (χ3n) is 2.78. The van der Waals surface area contributed by atoms with Gasteiger partial charge in [-0.05, 0) is 33.6 Å². The number of nitrogens with zero attached hydrogens (tertiary/aromatic N) is 1. The Labute approximate surface area is 157 Å². The Hall–Kier alpha value is -0.770. The van der Waals surface area contributed by atoms with E-state index in [0.717, 1.165) is 0 Å². The van der Waals surface area contributed by atoms with Crippen molar-refractivity contribution in [3.05, 3.63) is 0 Å². The van der Waals surface area contributed by atoms with Gasteiger partial charge in [0.25, 0.3) is 0 Å². The Morgan fingerprint density at radius 3 is 2.22 bits per heavy atom. The van der Waals surface area contributed by atoms with Gasteiger partial charge in [0.2, 0.25) is 0 Å². The Morgan fingerprint density at radius 1 is 1.22 bits per heavy atom. The highest BCUT2D eigenvalue weighted by molar-refractivity contribution is 14.0. The van der Waals surface area contributed by atoms with Crippen LogP contribution in [0, 0.1) is 5.92 Å². The Bertz CT molecular complexity index is 370. The topological polar surface area (TPSA) is 98.0 Å². The molecule has 1 amide bonds. The van der Waals surface area contributed by atoms with Crippen LogP contribution in [0.1, 0.15) is 41.5 Å². The summed E-state index contributed by atoms with van der Waals surface area (Å²) in [5.74, 6) is 0.543. The summed E-state index contributed by atoms with van der Waals surface area (Å²) >= 11 is 0. The molecule has 23 heavy (non-hydrogen) atoms. The number of hydrogen-bond donors (Lipinski definition) is 3. The van der Waals surface area contributed by atoms with Crippen molar-refractivity contribution in [3.8, 4) is 0 Å². The van der Waals surface area contributed by atoms with Gasteiger partial charge in [0.15, 0.2) is 5.96 Å². The molecule has 138 valence electrons. The summed E-state index contributed by atoms with van der Waals surface area (Å²) in [5.41, 5.74) is 5.30. The number of hydrogen-bond acceptors (Lipinski definition) is 4. The normalized spacial score (nSPS) is 14.7. The average Bonchev–Trinajstić information content (AvgIpc) is 2.31. The standard InChI is InChI=1S/C15H32N4O3.HI/c1-10(2)12(19-14(20)22-15(4,5)6)8-17-13(16)18-11(3)9-21-7;/h10-12H,8-9H2,1-7H3,(H,19,20)(H3,16,17,18);1H. The molecule has 0 aromatic carbocycles. The van der Waals surface area contributed by atoms with Crippen LogP contribution in [0.25, 0.3) is 0 Å². The zero-order valence-electron chi connectivity index (χ0n) is 15.3. The van der Waals surface area contributed by atoms with Gasteiger partial charge in [-0.15, -0.1) is 24.0 Å². The zero-order valence-corrected chi connectivity index (χ0v) is 17.6. The number of alkyl carbamates (subject to hydrolysis) is 1. The van der Waals surface area contributed by atoms with Crippen molar-refractivity contribution in [1.82, 2.24) is 10.6 Å². The van der Waals surface area contributed by atoms with Crippen molar-refractivity contribution in [2.45, 2.75) is 59.2 Å². The number of rotatable bonds is 7. The van der Waals surface area contributed by atoms with Gasteiger partial charge in [-0.25, -0.2) is 4.79 Å². The molecule has 0 saturated heterocycles. The van der Waals surface area contributed by atoms with Crippen molar-refractivity contribution < 1.29 is 14.3 Å². The number of carbonyl (C=O) groups excluding carboxylic acids is 1. The van der Waals surface area contributed by atoms with E-state index in [9.17, 15) is 4.79 Å². The summed E-state index contributed by atoms with van der Waals surface area (Å²) < 4.78 is 10.3. The van der Waals surface area contributed by atoms with Gasteiger partial charge in [0.05, 0.1) is 19.2 Å². The highest BCUT2D eigenvalue weighted by Gasteiger charge is 2.21. The minimum absolute atomic E-state index is 0. The molecule has 0 aromatic heterocycles. The molecule has 0 heterocycles. The molecule has 0 aliphatic heterocycles. The summed E-state index contributed by atoms with van der Waals surface area (Å²) in [6.45, 7) is 12.4. The van der Waals surface area contributed by atoms with E-state index in [4.69, 9.17) is 15.2 Å². The number of guanidine groups is 1. The molecule has 4 N–H and O–H groups in total. The fourth-order valence-corrected chi connectivity index (χ4v) is 1.67. The average molecular weight is 444 g/mol. The molecule has 8 heteroatoms. The second-order valence-electron chi connectivity index (χ2n) is 6.72. The van der Waals surface area contributed by atoms with Crippen LogP contribution in [0.5, 0.6) is 0 Å². The van der Waals surface area contributed by atoms with E-state index in [1.807, 2.05) is 41.5 Å². The van der Waals surface area contributed by atoms with E-state index in [2.05, 4.69) is 15.6 Å². The summed E-state index contributed by atoms with van der Waals surface area (Å²) in [6, 6.07) is -0.0713. The minimum atomic E-state index is -0.523. The number of aliphatic imine (C=N–C) groups is 1. The lowest BCUT2D eigenvalue weighted by Gasteiger charge is -2.25. The molecule has 0 aromatic rings. The Morgan fingerprint density at radius 2 is 1.78 bits per heavy atom. The fourth-order valence-electron chi connectivity index (χ4n) is 1.67. The van der Waals surface area contributed by atoms with Crippen molar-refractivity contribution in [2.75, 3.05) is 20.3 Å². The second kappa shape index (κ2) is 11.7. The molecule has 2 unspecified atom stereocenters. The fraction of sp³-hybridized carbons (Fsp3) is 0.867. The molecule has 0 rings (SSSR count). The largest absolute Gasteiger partial charge is 0.444 e. The predicted molar refractivity (Wildman–Crippen MR) is 104 cm³/mol. The van der Waals surface area contributed by atoms with E-state index >= 15 is 0 Å². The van der Waals surface area contributed by atoms with Crippen molar-refractivity contribution in [2.24, 2.45) is 16.6 Å². The molecule has 0 radical (unpaired) electrons. The van der Waals surface area contributed by atoms with Gasteiger partial charge < -0.3 is 25.8 Å². The summed E-state index contributed by atoms with van der Waals surface area (Å²) in [7, 11) is 1.63. The van der Waals surface area contributed by atoms with E-state index in [-0.39, 0.29) is 42.0 Å². The smallest absolute Gasteiger partial charge is 0.407 e. The first-order chi connectivity index (χ1) is 10.0. The lowest BCUT2D eigenvalue weighted by molar-refractivity contribution is 0.0493. The molecule has 0 saturated carbocycles. The highest BCUT2D eigenvalue weighted by Crippen LogP contribution is 2.08. The highest BCUT2D eigenvalue weighted by atomic mass is 127. The van der Waals surface area contributed by atoms with Gasteiger partial charge in [-0.3, -0.25) is 4.99 Å². The third kappa shape index (κ3) is 13.4. The van der Waals surface area contributed by atoms with Gasteiger partial charge in [0, 0.05) is 13.2 Å². The minimum Gasteiger partial charge on any atom is -0.444 e. The Kier molecular flexibility index (Phi) is 12.5. The number of nitrogens with two attached hydrogens (primary N) is 1. The lowest BCUT2D eigenvalue weighted by Crippen LogP contribution is -2.45. The van der Waals surface area contributed by atoms with E-state index in [1.165, 1.54) is 0 Å². The van der Waals surface area contributed by atoms with E-state index < -0.39 is 11.7 Å². The maximum Gasteiger partial charge on any atom is 0.407 e. The van der Waals surface area contributed by atoms with Crippen LogP contribution in [0.4, 0.5) is 4.79 Å². The van der Waals surface area contributed by atoms with Gasteiger partial charge in [-0.2, -0.15) is 0 Å². The summed E-state index contributed by atoms with van der Waals surface area (Å²) in [5, 5.41) is 5.86. The number of methoxy groups -OCH3 is 1. The van der Waals surface area contributed by atoms with Crippen LogP contribution in [-0.4, -0.2) is 50.0 Å². The maximum atomic E-state index is 11.8. The lowest BCUT2D eigenvalue weighted by atomic mass is 10.1. The van der Waals surface area contributed by atoms with Crippen molar-refractivity contribution >= 4 is 36.0 Å². The van der Waals surface area contributed by atoms with Crippen molar-refractivity contribution in [1.29, 1.82) is 0 Å². The third-order valence-corrected chi connectivity index (χ3v) is 2.78. The maximum absolute atomic E-state index is 11.8. The molecule has 0 aliphatic rings. The van der Waals surface area contributed by atoms with Gasteiger partial charge >= 0.3 is 6.09 Å². The van der Waals surface area contributed by atoms with Gasteiger partial charge in [-0.1, -0.05) is 13.8 Å². The molecule has 7 nitrogen and oxygen atoms in total. The van der Waals surface area contributed by atoms with Crippen LogP contribution in [0.3, 0.4) is 0 Å². The summed E-state index contributed by atoms with van der Waals surface area (Å²) in [6.07, 6.45) is -0.444. The molecule has 0 bridgehead atoms. The first kappa shape index (κ1) is 24.5. The molecule has 0 aliphatic carbocycles. The number of ether oxygens (including phenoxy) is 2. The summed E-state index contributed by atoms with van der Waals surface area (Å²) in [4.78, 5) is 16.1. The molecule has 0 spiro atoms. The van der Waals surface area contributed by atoms with Crippen LogP contribution in [-0.2, 0) is 9.47 Å². The van der Waals surface area contributed by atoms with Crippen LogP contribution < -0.4 is 16.4 Å². The predicted octanol–water partition coefficient (Wildman–Crippen LogP) is 2.09. The Balaban J connectivity index is 0. The first-order valence-corrected chi connectivity index (χ1v) is 7.60. The van der Waals surface area contributed by atoms with Gasteiger partial charge in [0.1, 0.15) is 5.60 Å². The molecule has 2 atom stereocenters. The van der Waals surface area contributed by atoms with Crippen LogP contribution in [0.15, 0.2) is 4.99 Å². The van der Waals surface area contributed by atoms with E-state index in [0.29, 0.717) is 19.1 Å². The monoisotopic (exact) mass is 444 g/mol. The molecule has 0 fully saturated rings. The quantitative estimate of drug-likeness (QED) is 0.318. The van der Waals surface area contributed by atoms with Crippen LogP contribution in [0.2, 0.25) is 0 Å². The van der Waals surface area contributed by atoms with Crippen molar-refractivity contribution in [3.63, 3.8) is 0 Å².